The fourth-order valence-corrected chi connectivity index (χ4v) is 1.82. The molecule has 0 aliphatic rings. The Hall–Kier alpha value is 0. The van der Waals surface area contributed by atoms with Gasteiger partial charge in [-0.1, -0.05) is 53.9 Å². The van der Waals surface area contributed by atoms with Crippen LogP contribution in [0.2, 0.25) is 0 Å². The standard InChI is InChI=1S/C12H26/c1-6-10(4)9-12(8-3)11(5)7-2/h10-12H,6-9H2,1-5H3. The van der Waals surface area contributed by atoms with Crippen LogP contribution in [-0.2, 0) is 0 Å². The molecule has 0 aliphatic heterocycles. The Morgan fingerprint density at radius 2 is 1.42 bits per heavy atom. The molecule has 12 heavy (non-hydrogen) atoms. The van der Waals surface area contributed by atoms with Crippen molar-refractivity contribution in [3.63, 3.8) is 0 Å². The molecular weight excluding hydrogens is 144 g/mol. The summed E-state index contributed by atoms with van der Waals surface area (Å²) >= 11 is 0. The van der Waals surface area contributed by atoms with Gasteiger partial charge in [0.1, 0.15) is 0 Å². The molecule has 0 saturated heterocycles. The smallest absolute Gasteiger partial charge is 0.0389 e. The normalized spacial score (nSPS) is 18.8. The second-order valence-electron chi connectivity index (χ2n) is 4.30. The lowest BCUT2D eigenvalue weighted by atomic mass is 9.82. The molecule has 0 heteroatoms. The van der Waals surface area contributed by atoms with Gasteiger partial charge in [-0.15, -0.1) is 0 Å². The third kappa shape index (κ3) is 4.13. The fourth-order valence-electron chi connectivity index (χ4n) is 1.82. The maximum Gasteiger partial charge on any atom is -0.0389 e. The summed E-state index contributed by atoms with van der Waals surface area (Å²) in [5.41, 5.74) is 0. The predicted molar refractivity (Wildman–Crippen MR) is 57.3 cm³/mol. The highest BCUT2D eigenvalue weighted by Crippen LogP contribution is 2.26. The van der Waals surface area contributed by atoms with Gasteiger partial charge in [-0.05, 0) is 24.2 Å². The first kappa shape index (κ1) is 12.0. The van der Waals surface area contributed by atoms with E-state index in [0.29, 0.717) is 0 Å². The zero-order valence-electron chi connectivity index (χ0n) is 9.56. The highest BCUT2D eigenvalue weighted by molar-refractivity contribution is 4.66. The molecule has 0 heterocycles. The van der Waals surface area contributed by atoms with Gasteiger partial charge >= 0.3 is 0 Å². The molecular formula is C12H26. The predicted octanol–water partition coefficient (Wildman–Crippen LogP) is 4.49. The van der Waals surface area contributed by atoms with Gasteiger partial charge in [0, 0.05) is 0 Å². The third-order valence-corrected chi connectivity index (χ3v) is 3.38. The molecule has 0 saturated carbocycles. The third-order valence-electron chi connectivity index (χ3n) is 3.38. The largest absolute Gasteiger partial charge is 0.0651 e. The molecule has 3 unspecified atom stereocenters. The Morgan fingerprint density at radius 3 is 1.75 bits per heavy atom. The van der Waals surface area contributed by atoms with Crippen molar-refractivity contribution in [1.29, 1.82) is 0 Å². The molecule has 0 aromatic carbocycles. The van der Waals surface area contributed by atoms with Crippen molar-refractivity contribution in [1.82, 2.24) is 0 Å². The van der Waals surface area contributed by atoms with Crippen LogP contribution in [0.25, 0.3) is 0 Å². The number of hydrogen-bond acceptors (Lipinski definition) is 0. The van der Waals surface area contributed by atoms with Crippen LogP contribution in [0.4, 0.5) is 0 Å². The molecule has 0 amide bonds. The van der Waals surface area contributed by atoms with Crippen molar-refractivity contribution in [2.24, 2.45) is 17.8 Å². The van der Waals surface area contributed by atoms with Gasteiger partial charge in [0.25, 0.3) is 0 Å². The van der Waals surface area contributed by atoms with Gasteiger partial charge < -0.3 is 0 Å². The summed E-state index contributed by atoms with van der Waals surface area (Å²) in [5, 5.41) is 0. The van der Waals surface area contributed by atoms with Crippen LogP contribution in [0.15, 0.2) is 0 Å². The van der Waals surface area contributed by atoms with E-state index in [4.69, 9.17) is 0 Å². The summed E-state index contributed by atoms with van der Waals surface area (Å²) in [6, 6.07) is 0. The molecule has 74 valence electrons. The monoisotopic (exact) mass is 170 g/mol. The molecule has 0 aromatic rings. The maximum absolute atomic E-state index is 2.40. The molecule has 0 nitrogen and oxygen atoms in total. The maximum atomic E-state index is 2.40. The minimum absolute atomic E-state index is 0.920. The lowest BCUT2D eigenvalue weighted by Crippen LogP contribution is -2.13. The van der Waals surface area contributed by atoms with Crippen LogP contribution >= 0.6 is 0 Å². The van der Waals surface area contributed by atoms with E-state index in [2.05, 4.69) is 34.6 Å². The van der Waals surface area contributed by atoms with E-state index in [1.807, 2.05) is 0 Å². The molecule has 3 atom stereocenters. The Kier molecular flexibility index (Phi) is 6.51. The van der Waals surface area contributed by atoms with E-state index < -0.39 is 0 Å². The van der Waals surface area contributed by atoms with E-state index in [-0.39, 0.29) is 0 Å². The SMILES string of the molecule is CCC(C)CC(CC)C(C)CC. The number of rotatable bonds is 6. The van der Waals surface area contributed by atoms with Crippen molar-refractivity contribution in [3.05, 3.63) is 0 Å². The van der Waals surface area contributed by atoms with Crippen molar-refractivity contribution < 1.29 is 0 Å². The van der Waals surface area contributed by atoms with Crippen LogP contribution in [0.3, 0.4) is 0 Å². The van der Waals surface area contributed by atoms with Crippen molar-refractivity contribution in [3.8, 4) is 0 Å². The molecule has 0 aliphatic carbocycles. The first-order valence-corrected chi connectivity index (χ1v) is 5.65. The zero-order valence-corrected chi connectivity index (χ0v) is 9.56. The van der Waals surface area contributed by atoms with Crippen LogP contribution in [0.1, 0.15) is 60.3 Å². The molecule has 0 fully saturated rings. The quantitative estimate of drug-likeness (QED) is 0.551. The van der Waals surface area contributed by atoms with E-state index in [1.165, 1.54) is 25.7 Å². The average Bonchev–Trinajstić information content (AvgIpc) is 2.12. The molecule has 0 rings (SSSR count). The summed E-state index contributed by atoms with van der Waals surface area (Å²) in [7, 11) is 0. The van der Waals surface area contributed by atoms with Gasteiger partial charge in [0.15, 0.2) is 0 Å². The minimum Gasteiger partial charge on any atom is -0.0651 e. The number of hydrogen-bond donors (Lipinski definition) is 0. The lowest BCUT2D eigenvalue weighted by Gasteiger charge is -2.24. The van der Waals surface area contributed by atoms with Gasteiger partial charge in [-0.25, -0.2) is 0 Å². The van der Waals surface area contributed by atoms with Gasteiger partial charge in [0.05, 0.1) is 0 Å². The Balaban J connectivity index is 3.81. The van der Waals surface area contributed by atoms with Crippen molar-refractivity contribution in [2.75, 3.05) is 0 Å². The van der Waals surface area contributed by atoms with E-state index in [9.17, 15) is 0 Å². The average molecular weight is 170 g/mol. The first-order chi connectivity index (χ1) is 5.65. The Labute approximate surface area is 78.8 Å². The summed E-state index contributed by atoms with van der Waals surface area (Å²) in [4.78, 5) is 0. The minimum atomic E-state index is 0.920. The highest BCUT2D eigenvalue weighted by atomic mass is 14.2. The first-order valence-electron chi connectivity index (χ1n) is 5.65. The molecule has 0 N–H and O–H groups in total. The van der Waals surface area contributed by atoms with Gasteiger partial charge in [0.2, 0.25) is 0 Å². The van der Waals surface area contributed by atoms with E-state index >= 15 is 0 Å². The van der Waals surface area contributed by atoms with Gasteiger partial charge in [-0.2, -0.15) is 0 Å². The summed E-state index contributed by atoms with van der Waals surface area (Å²) in [6.45, 7) is 11.7. The molecule has 0 spiro atoms. The molecule has 0 radical (unpaired) electrons. The van der Waals surface area contributed by atoms with Crippen LogP contribution in [0, 0.1) is 17.8 Å². The molecule has 0 aromatic heterocycles. The van der Waals surface area contributed by atoms with E-state index in [1.54, 1.807) is 0 Å². The van der Waals surface area contributed by atoms with E-state index in [0.717, 1.165) is 17.8 Å². The topological polar surface area (TPSA) is 0 Å². The summed E-state index contributed by atoms with van der Waals surface area (Å²) < 4.78 is 0. The molecule has 0 bridgehead atoms. The fraction of sp³-hybridized carbons (Fsp3) is 1.00. The van der Waals surface area contributed by atoms with Crippen molar-refractivity contribution >= 4 is 0 Å². The van der Waals surface area contributed by atoms with Crippen LogP contribution in [0.5, 0.6) is 0 Å². The Bertz CT molecular complexity index is 96.2. The second kappa shape index (κ2) is 6.51. The van der Waals surface area contributed by atoms with Crippen LogP contribution < -0.4 is 0 Å². The second-order valence-corrected chi connectivity index (χ2v) is 4.30. The summed E-state index contributed by atoms with van der Waals surface area (Å²) in [6.07, 6.45) is 5.48. The van der Waals surface area contributed by atoms with Crippen molar-refractivity contribution in [2.45, 2.75) is 60.3 Å². The summed E-state index contributed by atoms with van der Waals surface area (Å²) in [5.74, 6) is 2.80. The van der Waals surface area contributed by atoms with Crippen LogP contribution in [-0.4, -0.2) is 0 Å². The Morgan fingerprint density at radius 1 is 0.833 bits per heavy atom. The van der Waals surface area contributed by atoms with Gasteiger partial charge in [-0.3, -0.25) is 0 Å². The zero-order chi connectivity index (χ0) is 9.56. The highest BCUT2D eigenvalue weighted by Gasteiger charge is 2.15. The lowest BCUT2D eigenvalue weighted by molar-refractivity contribution is 0.273.